The molecule has 0 saturated carbocycles. The van der Waals surface area contributed by atoms with Crippen LogP contribution in [0.5, 0.6) is 11.5 Å². The number of hydrogen-bond donors (Lipinski definition) is 0. The largest absolute Gasteiger partial charge is 0.488 e. The van der Waals surface area contributed by atoms with Crippen LogP contribution >= 0.6 is 0 Å². The molecular weight excluding hydrogens is 699 g/mol. The van der Waals surface area contributed by atoms with Crippen molar-refractivity contribution in [2.45, 2.75) is 26.3 Å². The second kappa shape index (κ2) is 15.5. The van der Waals surface area contributed by atoms with E-state index in [0.29, 0.717) is 21.8 Å². The van der Waals surface area contributed by atoms with Gasteiger partial charge < -0.3 is 23.3 Å². The molecule has 0 fully saturated rings. The van der Waals surface area contributed by atoms with Crippen molar-refractivity contribution in [2.24, 2.45) is 0 Å². The van der Waals surface area contributed by atoms with E-state index in [1.807, 2.05) is 121 Å². The smallest absolute Gasteiger partial charge is 0.362 e. The standard InChI is InChI=1S/C46H34F2N2O5/c47-35-21-39-37(43(23-35)53-29-33-17-9-3-10-18-33)25-41(49(39)27-31-13-5-1-6-14-31)45(51)55-46(52)42-26-38-40(50(42)28-32-15-7-2-8-16-32)22-36(48)24-44(38)54-30-34-19-11-4-12-20-34/h1-26H,27-30H2. The molecule has 0 saturated heterocycles. The summed E-state index contributed by atoms with van der Waals surface area (Å²) in [6, 6.07) is 46.0. The highest BCUT2D eigenvalue weighted by Crippen LogP contribution is 2.34. The quantitative estimate of drug-likeness (QED) is 0.0924. The van der Waals surface area contributed by atoms with E-state index in [2.05, 4.69) is 0 Å². The second-order valence-electron chi connectivity index (χ2n) is 13.1. The molecule has 0 radical (unpaired) electrons. The van der Waals surface area contributed by atoms with Crippen LogP contribution in [0.25, 0.3) is 21.8 Å². The first-order valence-corrected chi connectivity index (χ1v) is 17.7. The number of fused-ring (bicyclic) bond motifs is 2. The number of hydrogen-bond acceptors (Lipinski definition) is 5. The molecule has 2 heterocycles. The van der Waals surface area contributed by atoms with Crippen LogP contribution in [0.1, 0.15) is 43.2 Å². The van der Waals surface area contributed by atoms with E-state index in [9.17, 15) is 9.59 Å². The molecule has 0 atom stereocenters. The molecule has 9 heteroatoms. The van der Waals surface area contributed by atoms with Gasteiger partial charge in [0.1, 0.15) is 47.7 Å². The molecule has 8 aromatic rings. The molecule has 2 aromatic heterocycles. The highest BCUT2D eigenvalue weighted by Gasteiger charge is 2.27. The SMILES string of the molecule is O=C(OC(=O)c1cc2c(OCc3ccccc3)cc(F)cc2n1Cc1ccccc1)c1cc2c(OCc3ccccc3)cc(F)cc2n1Cc1ccccc1. The van der Waals surface area contributed by atoms with Crippen molar-refractivity contribution in [3.05, 3.63) is 203 Å². The van der Waals surface area contributed by atoms with Crippen LogP contribution in [0.15, 0.2) is 158 Å². The topological polar surface area (TPSA) is 71.7 Å². The third-order valence-corrected chi connectivity index (χ3v) is 9.34. The van der Waals surface area contributed by atoms with Crippen LogP contribution in [0.2, 0.25) is 0 Å². The monoisotopic (exact) mass is 732 g/mol. The van der Waals surface area contributed by atoms with Crippen molar-refractivity contribution in [3.8, 4) is 11.5 Å². The second-order valence-corrected chi connectivity index (χ2v) is 13.1. The first kappa shape index (κ1) is 35.1. The molecule has 0 amide bonds. The zero-order valence-electron chi connectivity index (χ0n) is 29.5. The third-order valence-electron chi connectivity index (χ3n) is 9.34. The Balaban J connectivity index is 1.17. The minimum atomic E-state index is -0.949. The van der Waals surface area contributed by atoms with Gasteiger partial charge in [-0.15, -0.1) is 0 Å². The Hall–Kier alpha value is -7.00. The Labute approximate surface area is 315 Å². The van der Waals surface area contributed by atoms with Crippen LogP contribution < -0.4 is 9.47 Å². The average molecular weight is 733 g/mol. The van der Waals surface area contributed by atoms with Gasteiger partial charge in [0, 0.05) is 36.0 Å². The molecule has 272 valence electrons. The normalized spacial score (nSPS) is 11.2. The lowest BCUT2D eigenvalue weighted by Crippen LogP contribution is -2.19. The Bertz CT molecular complexity index is 2440. The van der Waals surface area contributed by atoms with E-state index < -0.39 is 23.6 Å². The Morgan fingerprint density at radius 2 is 0.800 bits per heavy atom. The van der Waals surface area contributed by atoms with Crippen molar-refractivity contribution >= 4 is 33.7 Å². The van der Waals surface area contributed by atoms with Gasteiger partial charge in [-0.25, -0.2) is 18.4 Å². The minimum absolute atomic E-state index is 0.0195. The summed E-state index contributed by atoms with van der Waals surface area (Å²) in [4.78, 5) is 28.3. The van der Waals surface area contributed by atoms with Crippen molar-refractivity contribution in [2.75, 3.05) is 0 Å². The van der Waals surface area contributed by atoms with Gasteiger partial charge in [-0.2, -0.15) is 0 Å². The minimum Gasteiger partial charge on any atom is -0.488 e. The van der Waals surface area contributed by atoms with Crippen molar-refractivity contribution in [1.29, 1.82) is 0 Å². The number of carbonyl (C=O) groups excluding carboxylic acids is 2. The summed E-state index contributed by atoms with van der Waals surface area (Å²) in [7, 11) is 0. The molecule has 0 aliphatic carbocycles. The highest BCUT2D eigenvalue weighted by molar-refractivity contribution is 6.06. The fourth-order valence-corrected chi connectivity index (χ4v) is 6.69. The summed E-state index contributed by atoms with van der Waals surface area (Å²) in [6.07, 6.45) is 0. The van der Waals surface area contributed by atoms with Crippen molar-refractivity contribution in [1.82, 2.24) is 9.13 Å². The zero-order chi connectivity index (χ0) is 37.7. The number of benzene rings is 6. The Morgan fingerprint density at radius 1 is 0.455 bits per heavy atom. The summed E-state index contributed by atoms with van der Waals surface area (Å²) in [5, 5.41) is 0.947. The Kier molecular flexibility index (Phi) is 9.90. The summed E-state index contributed by atoms with van der Waals surface area (Å²) < 4.78 is 51.5. The summed E-state index contributed by atoms with van der Waals surface area (Å²) in [6.45, 7) is 0.705. The van der Waals surface area contributed by atoms with Gasteiger partial charge in [0.2, 0.25) is 0 Å². The summed E-state index contributed by atoms with van der Waals surface area (Å²) in [5.41, 5.74) is 4.26. The molecule has 0 N–H and O–H groups in total. The van der Waals surface area contributed by atoms with E-state index in [1.165, 1.54) is 24.3 Å². The van der Waals surface area contributed by atoms with Crippen LogP contribution in [0.4, 0.5) is 8.78 Å². The van der Waals surface area contributed by atoms with Gasteiger partial charge in [-0.3, -0.25) is 0 Å². The number of nitrogens with zero attached hydrogens (tertiary/aromatic N) is 2. The molecule has 6 aromatic carbocycles. The van der Waals surface area contributed by atoms with Gasteiger partial charge >= 0.3 is 11.9 Å². The molecular formula is C46H34F2N2O5. The fraction of sp³-hybridized carbons (Fsp3) is 0.0870. The first-order valence-electron chi connectivity index (χ1n) is 17.7. The molecule has 8 rings (SSSR count). The predicted molar refractivity (Wildman–Crippen MR) is 206 cm³/mol. The predicted octanol–water partition coefficient (Wildman–Crippen LogP) is 10.1. The first-order chi connectivity index (χ1) is 26.9. The fourth-order valence-electron chi connectivity index (χ4n) is 6.69. The number of rotatable bonds is 12. The average Bonchev–Trinajstić information content (AvgIpc) is 3.75. The third kappa shape index (κ3) is 7.72. The van der Waals surface area contributed by atoms with Crippen LogP contribution in [0.3, 0.4) is 0 Å². The van der Waals surface area contributed by atoms with Crippen molar-refractivity contribution < 1.29 is 32.6 Å². The number of esters is 2. The van der Waals surface area contributed by atoms with Gasteiger partial charge in [-0.05, 0) is 46.5 Å². The van der Waals surface area contributed by atoms with E-state index in [4.69, 9.17) is 14.2 Å². The van der Waals surface area contributed by atoms with E-state index in [-0.39, 0.29) is 49.2 Å². The maximum Gasteiger partial charge on any atom is 0.362 e. The Morgan fingerprint density at radius 3 is 1.16 bits per heavy atom. The molecule has 7 nitrogen and oxygen atoms in total. The van der Waals surface area contributed by atoms with E-state index in [0.717, 1.165) is 22.3 Å². The zero-order valence-corrected chi connectivity index (χ0v) is 29.5. The van der Waals surface area contributed by atoms with Crippen LogP contribution in [-0.2, 0) is 31.0 Å². The number of ether oxygens (including phenoxy) is 3. The number of aromatic nitrogens is 2. The highest BCUT2D eigenvalue weighted by atomic mass is 19.1. The molecule has 0 bridgehead atoms. The number of halogens is 2. The lowest BCUT2D eigenvalue weighted by Gasteiger charge is -2.13. The maximum atomic E-state index is 15.2. The van der Waals surface area contributed by atoms with Gasteiger partial charge in [0.25, 0.3) is 0 Å². The van der Waals surface area contributed by atoms with E-state index >= 15 is 8.78 Å². The molecule has 0 unspecified atom stereocenters. The van der Waals surface area contributed by atoms with Gasteiger partial charge in [0.05, 0.1) is 11.0 Å². The lowest BCUT2D eigenvalue weighted by atomic mass is 10.2. The lowest BCUT2D eigenvalue weighted by molar-refractivity contribution is 0.0384. The summed E-state index contributed by atoms with van der Waals surface area (Å²) >= 11 is 0. The maximum absolute atomic E-state index is 15.2. The van der Waals surface area contributed by atoms with Gasteiger partial charge in [-0.1, -0.05) is 121 Å². The molecule has 0 aliphatic rings. The van der Waals surface area contributed by atoms with E-state index in [1.54, 1.807) is 21.3 Å². The van der Waals surface area contributed by atoms with Crippen molar-refractivity contribution in [3.63, 3.8) is 0 Å². The van der Waals surface area contributed by atoms with Crippen LogP contribution in [0, 0.1) is 11.6 Å². The van der Waals surface area contributed by atoms with Crippen LogP contribution in [-0.4, -0.2) is 21.1 Å². The summed E-state index contributed by atoms with van der Waals surface area (Å²) in [5.74, 6) is -2.54. The molecule has 0 spiro atoms. The molecule has 55 heavy (non-hydrogen) atoms. The molecule has 0 aliphatic heterocycles. The number of carbonyl (C=O) groups is 2. The van der Waals surface area contributed by atoms with Gasteiger partial charge in [0.15, 0.2) is 0 Å².